The maximum absolute atomic E-state index is 12.3. The molecule has 0 unspecified atom stereocenters. The summed E-state index contributed by atoms with van der Waals surface area (Å²) in [5.41, 5.74) is 2.00. The van der Waals surface area contributed by atoms with Gasteiger partial charge in [0.15, 0.2) is 0 Å². The molecule has 1 aromatic carbocycles. The van der Waals surface area contributed by atoms with Crippen LogP contribution in [0.25, 0.3) is 0 Å². The molecule has 130 valence electrons. The highest BCUT2D eigenvalue weighted by Crippen LogP contribution is 2.23. The minimum atomic E-state index is -0.690. The average molecular weight is 339 g/mol. The van der Waals surface area contributed by atoms with E-state index in [9.17, 15) is 9.59 Å². The fourth-order valence-corrected chi connectivity index (χ4v) is 2.76. The van der Waals surface area contributed by atoms with Crippen molar-refractivity contribution in [3.63, 3.8) is 0 Å². The number of carbonyl (C=O) groups excluding carboxylic acids is 2. The molecule has 0 aliphatic carbocycles. The molecule has 7 nitrogen and oxygen atoms in total. The van der Waals surface area contributed by atoms with Crippen molar-refractivity contribution in [1.29, 1.82) is 0 Å². The van der Waals surface area contributed by atoms with Gasteiger partial charge >= 0.3 is 0 Å². The fourth-order valence-electron chi connectivity index (χ4n) is 2.76. The van der Waals surface area contributed by atoms with E-state index in [4.69, 9.17) is 0 Å². The van der Waals surface area contributed by atoms with Crippen LogP contribution in [0.1, 0.15) is 30.3 Å². The van der Waals surface area contributed by atoms with Crippen LogP contribution in [0, 0.1) is 0 Å². The summed E-state index contributed by atoms with van der Waals surface area (Å²) in [6, 6.07) is 7.08. The van der Waals surface area contributed by atoms with Crippen molar-refractivity contribution in [1.82, 2.24) is 15.3 Å². The van der Waals surface area contributed by atoms with Crippen LogP contribution in [0.2, 0.25) is 0 Å². The zero-order valence-corrected chi connectivity index (χ0v) is 14.1. The lowest BCUT2D eigenvalue weighted by Gasteiger charge is -2.19. The largest absolute Gasteiger partial charge is 0.371 e. The molecule has 3 rings (SSSR count). The first-order chi connectivity index (χ1) is 12.1. The predicted molar refractivity (Wildman–Crippen MR) is 95.5 cm³/mol. The third-order valence-corrected chi connectivity index (χ3v) is 4.12. The number of rotatable bonds is 5. The number of anilines is 2. The number of amides is 2. The molecule has 1 aromatic heterocycles. The van der Waals surface area contributed by atoms with Gasteiger partial charge in [0.05, 0.1) is 6.20 Å². The molecule has 2 heterocycles. The Morgan fingerprint density at radius 2 is 2.00 bits per heavy atom. The van der Waals surface area contributed by atoms with Crippen LogP contribution in [0.4, 0.5) is 11.4 Å². The minimum absolute atomic E-state index is 0.179. The van der Waals surface area contributed by atoms with Crippen LogP contribution in [-0.2, 0) is 4.79 Å². The van der Waals surface area contributed by atoms with Crippen LogP contribution in [0.5, 0.6) is 0 Å². The van der Waals surface area contributed by atoms with Crippen LogP contribution >= 0.6 is 0 Å². The molecule has 0 saturated carbocycles. The van der Waals surface area contributed by atoms with E-state index in [1.54, 1.807) is 6.92 Å². The zero-order chi connectivity index (χ0) is 17.6. The Morgan fingerprint density at radius 3 is 2.72 bits per heavy atom. The lowest BCUT2D eigenvalue weighted by Crippen LogP contribution is -2.41. The molecule has 7 heteroatoms. The number of nitrogens with zero attached hydrogens (tertiary/aromatic N) is 3. The maximum Gasteiger partial charge on any atom is 0.272 e. The summed E-state index contributed by atoms with van der Waals surface area (Å²) >= 11 is 0. The Kier molecular flexibility index (Phi) is 5.23. The summed E-state index contributed by atoms with van der Waals surface area (Å²) < 4.78 is 0. The third kappa shape index (κ3) is 4.32. The minimum Gasteiger partial charge on any atom is -0.371 e. The van der Waals surface area contributed by atoms with Gasteiger partial charge in [-0.15, -0.1) is 0 Å². The molecule has 1 saturated heterocycles. The van der Waals surface area contributed by atoms with Crippen molar-refractivity contribution in [2.45, 2.75) is 25.8 Å². The van der Waals surface area contributed by atoms with Crippen LogP contribution in [-0.4, -0.2) is 40.9 Å². The van der Waals surface area contributed by atoms with Crippen molar-refractivity contribution in [3.8, 4) is 0 Å². The lowest BCUT2D eigenvalue weighted by atomic mass is 10.2. The summed E-state index contributed by atoms with van der Waals surface area (Å²) in [7, 11) is 0. The molecular weight excluding hydrogens is 318 g/mol. The molecular formula is C18H21N5O2. The van der Waals surface area contributed by atoms with Gasteiger partial charge in [-0.1, -0.05) is 6.07 Å². The molecule has 25 heavy (non-hydrogen) atoms. The number of carbonyl (C=O) groups is 2. The highest BCUT2D eigenvalue weighted by Gasteiger charge is 2.18. The summed E-state index contributed by atoms with van der Waals surface area (Å²) in [5.74, 6) is -0.711. The Hall–Kier alpha value is -2.96. The average Bonchev–Trinajstić information content (AvgIpc) is 3.17. The van der Waals surface area contributed by atoms with Crippen LogP contribution < -0.4 is 15.5 Å². The smallest absolute Gasteiger partial charge is 0.272 e. The van der Waals surface area contributed by atoms with Crippen molar-refractivity contribution in [2.75, 3.05) is 23.3 Å². The lowest BCUT2D eigenvalue weighted by molar-refractivity contribution is -0.117. The maximum atomic E-state index is 12.3. The van der Waals surface area contributed by atoms with Gasteiger partial charge in [0.25, 0.3) is 5.91 Å². The zero-order valence-electron chi connectivity index (χ0n) is 14.1. The normalized spacial score (nSPS) is 14.8. The van der Waals surface area contributed by atoms with Crippen LogP contribution in [0.3, 0.4) is 0 Å². The molecule has 2 N–H and O–H groups in total. The first-order valence-corrected chi connectivity index (χ1v) is 8.36. The first kappa shape index (κ1) is 16.9. The molecule has 2 amide bonds. The second-order valence-corrected chi connectivity index (χ2v) is 6.02. The van der Waals surface area contributed by atoms with E-state index in [-0.39, 0.29) is 11.6 Å². The highest BCUT2D eigenvalue weighted by molar-refractivity contribution is 6.00. The molecule has 2 aromatic rings. The van der Waals surface area contributed by atoms with E-state index >= 15 is 0 Å². The van der Waals surface area contributed by atoms with E-state index in [1.165, 1.54) is 31.4 Å². The number of nitrogens with one attached hydrogen (secondary N) is 2. The quantitative estimate of drug-likeness (QED) is 0.868. The van der Waals surface area contributed by atoms with Gasteiger partial charge in [0.2, 0.25) is 5.91 Å². The topological polar surface area (TPSA) is 87.2 Å². The van der Waals surface area contributed by atoms with E-state index in [0.717, 1.165) is 24.5 Å². The van der Waals surface area contributed by atoms with Gasteiger partial charge in [-0.05, 0) is 38.0 Å². The van der Waals surface area contributed by atoms with E-state index in [2.05, 4.69) is 25.5 Å². The number of benzene rings is 1. The SMILES string of the molecule is C[C@@H](NC(=O)c1cnccn1)C(=O)Nc1cccc(N2CCCC2)c1. The summed E-state index contributed by atoms with van der Waals surface area (Å²) in [6.45, 7) is 3.72. The number of hydrogen-bond acceptors (Lipinski definition) is 5. The molecule has 1 aliphatic rings. The van der Waals surface area contributed by atoms with Gasteiger partial charge in [0.1, 0.15) is 11.7 Å². The standard InChI is InChI=1S/C18H21N5O2/c1-13(21-18(25)16-12-19-7-8-20-16)17(24)22-14-5-4-6-15(11-14)23-9-2-3-10-23/h4-8,11-13H,2-3,9-10H2,1H3,(H,21,25)(H,22,24)/t13-/m1/s1. The number of aromatic nitrogens is 2. The van der Waals surface area contributed by atoms with Gasteiger partial charge < -0.3 is 15.5 Å². The first-order valence-electron chi connectivity index (χ1n) is 8.36. The fraction of sp³-hybridized carbons (Fsp3) is 0.333. The Morgan fingerprint density at radius 1 is 1.20 bits per heavy atom. The van der Waals surface area contributed by atoms with Crippen molar-refractivity contribution >= 4 is 23.2 Å². The van der Waals surface area contributed by atoms with Crippen molar-refractivity contribution < 1.29 is 9.59 Å². The van der Waals surface area contributed by atoms with Gasteiger partial charge in [-0.2, -0.15) is 0 Å². The van der Waals surface area contributed by atoms with Crippen LogP contribution in [0.15, 0.2) is 42.9 Å². The van der Waals surface area contributed by atoms with Crippen molar-refractivity contribution in [3.05, 3.63) is 48.5 Å². The van der Waals surface area contributed by atoms with E-state index in [0.29, 0.717) is 0 Å². The highest BCUT2D eigenvalue weighted by atomic mass is 16.2. The third-order valence-electron chi connectivity index (χ3n) is 4.12. The summed E-state index contributed by atoms with van der Waals surface area (Å²) in [5, 5.41) is 5.47. The summed E-state index contributed by atoms with van der Waals surface area (Å²) in [4.78, 5) is 34.4. The molecule has 0 bridgehead atoms. The van der Waals surface area contributed by atoms with Gasteiger partial charge in [0, 0.05) is 36.9 Å². The second-order valence-electron chi connectivity index (χ2n) is 6.02. The monoisotopic (exact) mass is 339 g/mol. The van der Waals surface area contributed by atoms with Crippen molar-refractivity contribution in [2.24, 2.45) is 0 Å². The number of hydrogen-bond donors (Lipinski definition) is 2. The van der Waals surface area contributed by atoms with Gasteiger partial charge in [-0.3, -0.25) is 14.6 Å². The Bertz CT molecular complexity index is 744. The predicted octanol–water partition coefficient (Wildman–Crippen LogP) is 1.83. The molecule has 0 radical (unpaired) electrons. The molecule has 1 atom stereocenters. The molecule has 0 spiro atoms. The Labute approximate surface area is 146 Å². The molecule has 1 aliphatic heterocycles. The molecule has 1 fully saturated rings. The van der Waals surface area contributed by atoms with Gasteiger partial charge in [-0.25, -0.2) is 4.98 Å². The van der Waals surface area contributed by atoms with E-state index < -0.39 is 11.9 Å². The second kappa shape index (κ2) is 7.74. The van der Waals surface area contributed by atoms with E-state index in [1.807, 2.05) is 24.3 Å². The Balaban J connectivity index is 1.59. The summed E-state index contributed by atoms with van der Waals surface area (Å²) in [6.07, 6.45) is 6.67.